The number of rotatable bonds is 6. The maximum absolute atomic E-state index is 12.5. The van der Waals surface area contributed by atoms with Crippen molar-refractivity contribution in [3.05, 3.63) is 83.8 Å². The smallest absolute Gasteiger partial charge is 0.291 e. The zero-order valence-electron chi connectivity index (χ0n) is 13.5. The SMILES string of the molecule is CCc1ccccc1NC(=O)c1occc1COc1ccccc1. The van der Waals surface area contributed by atoms with Crippen molar-refractivity contribution in [3.63, 3.8) is 0 Å². The van der Waals surface area contributed by atoms with E-state index >= 15 is 0 Å². The van der Waals surface area contributed by atoms with E-state index in [4.69, 9.17) is 9.15 Å². The predicted molar refractivity (Wildman–Crippen MR) is 93.3 cm³/mol. The molecule has 0 fully saturated rings. The summed E-state index contributed by atoms with van der Waals surface area (Å²) in [4.78, 5) is 12.5. The molecule has 4 nitrogen and oxygen atoms in total. The Morgan fingerprint density at radius 2 is 1.75 bits per heavy atom. The van der Waals surface area contributed by atoms with Crippen molar-refractivity contribution in [1.82, 2.24) is 0 Å². The second-order valence-corrected chi connectivity index (χ2v) is 5.34. The molecule has 0 saturated heterocycles. The average Bonchev–Trinajstić information content (AvgIpc) is 3.10. The second-order valence-electron chi connectivity index (χ2n) is 5.34. The van der Waals surface area contributed by atoms with Crippen LogP contribution in [-0.4, -0.2) is 5.91 Å². The maximum Gasteiger partial charge on any atom is 0.291 e. The summed E-state index contributed by atoms with van der Waals surface area (Å²) in [5.41, 5.74) is 2.60. The van der Waals surface area contributed by atoms with Gasteiger partial charge in [0.2, 0.25) is 0 Å². The summed E-state index contributed by atoms with van der Waals surface area (Å²) in [6.07, 6.45) is 2.35. The molecule has 0 unspecified atom stereocenters. The third kappa shape index (κ3) is 3.66. The molecular formula is C20H19NO3. The van der Waals surface area contributed by atoms with E-state index in [1.54, 1.807) is 6.07 Å². The monoisotopic (exact) mass is 321 g/mol. The van der Waals surface area contributed by atoms with Crippen LogP contribution in [0.15, 0.2) is 71.3 Å². The summed E-state index contributed by atoms with van der Waals surface area (Å²) in [5, 5.41) is 2.91. The fourth-order valence-corrected chi connectivity index (χ4v) is 2.46. The quantitative estimate of drug-likeness (QED) is 0.717. The number of aryl methyl sites for hydroxylation is 1. The Labute approximate surface area is 141 Å². The highest BCUT2D eigenvalue weighted by atomic mass is 16.5. The number of anilines is 1. The molecule has 122 valence electrons. The van der Waals surface area contributed by atoms with Gasteiger partial charge in [-0.2, -0.15) is 0 Å². The molecule has 0 aliphatic heterocycles. The number of hydrogen-bond donors (Lipinski definition) is 1. The normalized spacial score (nSPS) is 10.4. The van der Waals surface area contributed by atoms with Crippen LogP contribution in [0.2, 0.25) is 0 Å². The number of benzene rings is 2. The molecule has 1 aromatic heterocycles. The minimum absolute atomic E-state index is 0.271. The molecule has 0 radical (unpaired) electrons. The summed E-state index contributed by atoms with van der Waals surface area (Å²) in [6.45, 7) is 2.33. The van der Waals surface area contributed by atoms with Crippen LogP contribution in [0.1, 0.15) is 28.6 Å². The van der Waals surface area contributed by atoms with Gasteiger partial charge in [-0.25, -0.2) is 0 Å². The fourth-order valence-electron chi connectivity index (χ4n) is 2.46. The number of carbonyl (C=O) groups excluding carboxylic acids is 1. The molecule has 0 atom stereocenters. The largest absolute Gasteiger partial charge is 0.489 e. The molecule has 3 aromatic rings. The number of para-hydroxylation sites is 2. The lowest BCUT2D eigenvalue weighted by Crippen LogP contribution is -2.14. The summed E-state index contributed by atoms with van der Waals surface area (Å²) in [5.74, 6) is 0.755. The van der Waals surface area contributed by atoms with Crippen LogP contribution in [0.4, 0.5) is 5.69 Å². The van der Waals surface area contributed by atoms with Gasteiger partial charge in [0.05, 0.1) is 6.26 Å². The van der Waals surface area contributed by atoms with Gasteiger partial charge in [0.25, 0.3) is 5.91 Å². The Kier molecular flexibility index (Phi) is 4.96. The number of amides is 1. The first kappa shape index (κ1) is 15.9. The molecule has 0 bridgehead atoms. The minimum atomic E-state index is -0.271. The molecule has 1 heterocycles. The van der Waals surface area contributed by atoms with Gasteiger partial charge in [-0.1, -0.05) is 43.3 Å². The van der Waals surface area contributed by atoms with E-state index in [0.717, 1.165) is 23.4 Å². The van der Waals surface area contributed by atoms with Crippen molar-refractivity contribution in [3.8, 4) is 5.75 Å². The van der Waals surface area contributed by atoms with Gasteiger partial charge in [0, 0.05) is 11.3 Å². The molecule has 2 aromatic carbocycles. The number of nitrogens with one attached hydrogen (secondary N) is 1. The molecule has 4 heteroatoms. The third-order valence-corrected chi connectivity index (χ3v) is 3.74. The highest BCUT2D eigenvalue weighted by molar-refractivity contribution is 6.03. The first-order valence-electron chi connectivity index (χ1n) is 7.91. The molecule has 0 aliphatic rings. The number of ether oxygens (including phenoxy) is 1. The summed E-state index contributed by atoms with van der Waals surface area (Å²) < 4.78 is 11.1. The molecule has 0 saturated carbocycles. The van der Waals surface area contributed by atoms with E-state index in [-0.39, 0.29) is 18.3 Å². The van der Waals surface area contributed by atoms with Gasteiger partial charge < -0.3 is 14.5 Å². The zero-order valence-corrected chi connectivity index (χ0v) is 13.5. The van der Waals surface area contributed by atoms with Crippen molar-refractivity contribution in [1.29, 1.82) is 0 Å². The highest BCUT2D eigenvalue weighted by Gasteiger charge is 2.17. The fraction of sp³-hybridized carbons (Fsp3) is 0.150. The number of furan rings is 1. The Morgan fingerprint density at radius 1 is 1.00 bits per heavy atom. The zero-order chi connectivity index (χ0) is 16.8. The Bertz CT molecular complexity index is 809. The van der Waals surface area contributed by atoms with Gasteiger partial charge in [0.1, 0.15) is 12.4 Å². The van der Waals surface area contributed by atoms with Crippen molar-refractivity contribution in [2.45, 2.75) is 20.0 Å². The number of hydrogen-bond acceptors (Lipinski definition) is 3. The van der Waals surface area contributed by atoms with Crippen LogP contribution in [0.5, 0.6) is 5.75 Å². The third-order valence-electron chi connectivity index (χ3n) is 3.74. The van der Waals surface area contributed by atoms with Gasteiger partial charge >= 0.3 is 0 Å². The summed E-state index contributed by atoms with van der Waals surface area (Å²) in [7, 11) is 0. The second kappa shape index (κ2) is 7.51. The van der Waals surface area contributed by atoms with Crippen LogP contribution < -0.4 is 10.1 Å². The lowest BCUT2D eigenvalue weighted by Gasteiger charge is -2.10. The van der Waals surface area contributed by atoms with Gasteiger partial charge in [-0.05, 0) is 36.2 Å². The van der Waals surface area contributed by atoms with E-state index < -0.39 is 0 Å². The van der Waals surface area contributed by atoms with Crippen LogP contribution in [-0.2, 0) is 13.0 Å². The molecular weight excluding hydrogens is 302 g/mol. The Balaban J connectivity index is 1.71. The predicted octanol–water partition coefficient (Wildman–Crippen LogP) is 4.67. The van der Waals surface area contributed by atoms with Crippen molar-refractivity contribution in [2.24, 2.45) is 0 Å². The van der Waals surface area contributed by atoms with Crippen LogP contribution in [0, 0.1) is 0 Å². The maximum atomic E-state index is 12.5. The standard InChI is InChI=1S/C20H19NO3/c1-2-15-8-6-7-11-18(15)21-20(22)19-16(12-13-23-19)14-24-17-9-4-3-5-10-17/h3-13H,2,14H2,1H3,(H,21,22). The van der Waals surface area contributed by atoms with Gasteiger partial charge in [0.15, 0.2) is 5.76 Å². The first-order valence-corrected chi connectivity index (χ1v) is 7.91. The average molecular weight is 321 g/mol. The van der Waals surface area contributed by atoms with E-state index in [0.29, 0.717) is 5.56 Å². The first-order chi connectivity index (χ1) is 11.8. The molecule has 0 aliphatic carbocycles. The molecule has 1 amide bonds. The number of carbonyl (C=O) groups is 1. The highest BCUT2D eigenvalue weighted by Crippen LogP contribution is 2.20. The molecule has 0 spiro atoms. The van der Waals surface area contributed by atoms with Crippen LogP contribution in [0.25, 0.3) is 0 Å². The van der Waals surface area contributed by atoms with E-state index in [2.05, 4.69) is 12.2 Å². The lowest BCUT2D eigenvalue weighted by atomic mass is 10.1. The lowest BCUT2D eigenvalue weighted by molar-refractivity contribution is 0.0993. The summed E-state index contributed by atoms with van der Waals surface area (Å²) in [6, 6.07) is 19.0. The molecule has 3 rings (SSSR count). The van der Waals surface area contributed by atoms with Gasteiger partial charge in [-0.3, -0.25) is 4.79 Å². The molecule has 24 heavy (non-hydrogen) atoms. The Morgan fingerprint density at radius 3 is 2.54 bits per heavy atom. The van der Waals surface area contributed by atoms with E-state index in [1.165, 1.54) is 6.26 Å². The van der Waals surface area contributed by atoms with Crippen molar-refractivity contribution < 1.29 is 13.9 Å². The van der Waals surface area contributed by atoms with Crippen LogP contribution >= 0.6 is 0 Å². The Hall–Kier alpha value is -3.01. The van der Waals surface area contributed by atoms with Crippen molar-refractivity contribution in [2.75, 3.05) is 5.32 Å². The van der Waals surface area contributed by atoms with Crippen molar-refractivity contribution >= 4 is 11.6 Å². The van der Waals surface area contributed by atoms with E-state index in [9.17, 15) is 4.79 Å². The topological polar surface area (TPSA) is 51.5 Å². The van der Waals surface area contributed by atoms with Gasteiger partial charge in [-0.15, -0.1) is 0 Å². The molecule has 1 N–H and O–H groups in total. The summed E-state index contributed by atoms with van der Waals surface area (Å²) >= 11 is 0. The van der Waals surface area contributed by atoms with E-state index in [1.807, 2.05) is 54.6 Å². The van der Waals surface area contributed by atoms with Crippen LogP contribution in [0.3, 0.4) is 0 Å². The minimum Gasteiger partial charge on any atom is -0.489 e.